The molecule has 2 aromatic rings. The minimum absolute atomic E-state index is 0.0654. The van der Waals surface area contributed by atoms with Crippen LogP contribution >= 0.6 is 0 Å². The summed E-state index contributed by atoms with van der Waals surface area (Å²) in [6.07, 6.45) is 0.0654. The quantitative estimate of drug-likeness (QED) is 0.830. The molecule has 2 rings (SSSR count). The van der Waals surface area contributed by atoms with Crippen LogP contribution in [0.15, 0.2) is 54.6 Å². The number of esters is 1. The predicted molar refractivity (Wildman–Crippen MR) is 85.7 cm³/mol. The molecule has 120 valence electrons. The molecule has 5 heteroatoms. The molecule has 0 aliphatic rings. The largest absolute Gasteiger partial charge is 0.508 e. The second-order valence-corrected chi connectivity index (χ2v) is 5.24. The Balaban J connectivity index is 1.76. The van der Waals surface area contributed by atoms with Crippen LogP contribution in [0.2, 0.25) is 0 Å². The van der Waals surface area contributed by atoms with E-state index in [9.17, 15) is 14.7 Å². The third kappa shape index (κ3) is 5.47. The normalized spacial score (nSPS) is 10.1. The molecule has 0 spiro atoms. The SMILES string of the molecule is CN(Cc1ccccc1)C(=O)COC(=O)Cc1ccc(O)cc1. The number of carbonyl (C=O) groups is 2. The van der Waals surface area contributed by atoms with Gasteiger partial charge in [-0.1, -0.05) is 42.5 Å². The van der Waals surface area contributed by atoms with E-state index in [4.69, 9.17) is 4.74 Å². The number of carbonyl (C=O) groups excluding carboxylic acids is 2. The van der Waals surface area contributed by atoms with E-state index in [0.717, 1.165) is 11.1 Å². The fraction of sp³-hybridized carbons (Fsp3) is 0.222. The van der Waals surface area contributed by atoms with Gasteiger partial charge in [-0.25, -0.2) is 0 Å². The highest BCUT2D eigenvalue weighted by Crippen LogP contribution is 2.10. The maximum atomic E-state index is 12.0. The molecule has 0 saturated carbocycles. The molecule has 0 saturated heterocycles. The Kier molecular flexibility index (Phi) is 5.74. The number of hydrogen-bond donors (Lipinski definition) is 1. The van der Waals surface area contributed by atoms with Gasteiger partial charge in [-0.05, 0) is 23.3 Å². The van der Waals surface area contributed by atoms with Gasteiger partial charge in [-0.15, -0.1) is 0 Å². The summed E-state index contributed by atoms with van der Waals surface area (Å²) >= 11 is 0. The first-order valence-electron chi connectivity index (χ1n) is 7.26. The Bertz CT molecular complexity index is 652. The molecule has 0 aliphatic heterocycles. The zero-order chi connectivity index (χ0) is 16.7. The van der Waals surface area contributed by atoms with Crippen LogP contribution in [-0.2, 0) is 27.3 Å². The maximum Gasteiger partial charge on any atom is 0.310 e. The van der Waals surface area contributed by atoms with Gasteiger partial charge in [0.05, 0.1) is 6.42 Å². The molecule has 0 aromatic heterocycles. The van der Waals surface area contributed by atoms with Crippen molar-refractivity contribution in [3.63, 3.8) is 0 Å². The first kappa shape index (κ1) is 16.5. The van der Waals surface area contributed by atoms with Gasteiger partial charge < -0.3 is 14.7 Å². The third-order valence-electron chi connectivity index (χ3n) is 3.33. The highest BCUT2D eigenvalue weighted by atomic mass is 16.5. The minimum Gasteiger partial charge on any atom is -0.508 e. The lowest BCUT2D eigenvalue weighted by Gasteiger charge is -2.17. The summed E-state index contributed by atoms with van der Waals surface area (Å²) in [4.78, 5) is 25.2. The summed E-state index contributed by atoms with van der Waals surface area (Å²) in [5, 5.41) is 9.18. The highest BCUT2D eigenvalue weighted by molar-refractivity contribution is 5.81. The van der Waals surface area contributed by atoms with Crippen LogP contribution in [-0.4, -0.2) is 35.5 Å². The van der Waals surface area contributed by atoms with Gasteiger partial charge in [0, 0.05) is 13.6 Å². The number of aromatic hydroxyl groups is 1. The molecule has 0 aliphatic carbocycles. The van der Waals surface area contributed by atoms with Crippen LogP contribution in [0.4, 0.5) is 0 Å². The van der Waals surface area contributed by atoms with Gasteiger partial charge in [-0.3, -0.25) is 9.59 Å². The molecule has 0 bridgehead atoms. The number of benzene rings is 2. The Morgan fingerprint density at radius 3 is 2.30 bits per heavy atom. The van der Waals surface area contributed by atoms with Crippen LogP contribution in [0.3, 0.4) is 0 Å². The van der Waals surface area contributed by atoms with Crippen LogP contribution < -0.4 is 0 Å². The molecule has 0 fully saturated rings. The van der Waals surface area contributed by atoms with Crippen molar-refractivity contribution in [3.8, 4) is 5.75 Å². The zero-order valence-corrected chi connectivity index (χ0v) is 12.9. The number of phenolic OH excluding ortho intramolecular Hbond substituents is 1. The van der Waals surface area contributed by atoms with Crippen molar-refractivity contribution in [2.24, 2.45) is 0 Å². The standard InChI is InChI=1S/C18H19NO4/c1-19(12-15-5-3-2-4-6-15)17(21)13-23-18(22)11-14-7-9-16(20)10-8-14/h2-10,20H,11-13H2,1H3. The van der Waals surface area contributed by atoms with Crippen molar-refractivity contribution in [1.82, 2.24) is 4.90 Å². The molecule has 5 nitrogen and oxygen atoms in total. The number of rotatable bonds is 6. The molecule has 1 N–H and O–H groups in total. The lowest BCUT2D eigenvalue weighted by molar-refractivity contribution is -0.151. The number of hydrogen-bond acceptors (Lipinski definition) is 4. The Labute approximate surface area is 135 Å². The van der Waals surface area contributed by atoms with Crippen molar-refractivity contribution in [2.45, 2.75) is 13.0 Å². The third-order valence-corrected chi connectivity index (χ3v) is 3.33. The molecule has 0 atom stereocenters. The lowest BCUT2D eigenvalue weighted by Crippen LogP contribution is -2.31. The zero-order valence-electron chi connectivity index (χ0n) is 12.9. The Morgan fingerprint density at radius 1 is 1.00 bits per heavy atom. The molecule has 1 amide bonds. The van der Waals surface area contributed by atoms with Gasteiger partial charge >= 0.3 is 5.97 Å². The number of likely N-dealkylation sites (N-methyl/N-ethyl adjacent to an activating group) is 1. The smallest absolute Gasteiger partial charge is 0.310 e. The van der Waals surface area contributed by atoms with Crippen LogP contribution in [0.25, 0.3) is 0 Å². The topological polar surface area (TPSA) is 66.8 Å². The average Bonchev–Trinajstić information content (AvgIpc) is 2.55. The summed E-state index contributed by atoms with van der Waals surface area (Å²) < 4.78 is 5.00. The van der Waals surface area contributed by atoms with E-state index in [1.807, 2.05) is 30.3 Å². The van der Waals surface area contributed by atoms with E-state index in [1.165, 1.54) is 17.0 Å². The maximum absolute atomic E-state index is 12.0. The average molecular weight is 313 g/mol. The molecule has 23 heavy (non-hydrogen) atoms. The van der Waals surface area contributed by atoms with Gasteiger partial charge in [-0.2, -0.15) is 0 Å². The van der Waals surface area contributed by atoms with Crippen molar-refractivity contribution in [2.75, 3.05) is 13.7 Å². The fourth-order valence-electron chi connectivity index (χ4n) is 2.03. The summed E-state index contributed by atoms with van der Waals surface area (Å²) in [5.74, 6) is -0.593. The summed E-state index contributed by atoms with van der Waals surface area (Å²) in [6.45, 7) is 0.190. The number of ether oxygens (including phenoxy) is 1. The second kappa shape index (κ2) is 7.98. The van der Waals surface area contributed by atoms with Crippen molar-refractivity contribution >= 4 is 11.9 Å². The molecule has 0 heterocycles. The van der Waals surface area contributed by atoms with Crippen LogP contribution in [0.5, 0.6) is 5.75 Å². The second-order valence-electron chi connectivity index (χ2n) is 5.24. The summed E-state index contributed by atoms with van der Waals surface area (Å²) in [7, 11) is 1.67. The van der Waals surface area contributed by atoms with Gasteiger partial charge in [0.2, 0.25) is 0 Å². The van der Waals surface area contributed by atoms with E-state index < -0.39 is 5.97 Å². The van der Waals surface area contributed by atoms with E-state index in [1.54, 1.807) is 19.2 Å². The number of phenols is 1. The highest BCUT2D eigenvalue weighted by Gasteiger charge is 2.13. The predicted octanol–water partition coefficient (Wildman–Crippen LogP) is 2.14. The van der Waals surface area contributed by atoms with Gasteiger partial charge in [0.1, 0.15) is 5.75 Å². The van der Waals surface area contributed by atoms with E-state index in [2.05, 4.69) is 0 Å². The van der Waals surface area contributed by atoms with Crippen molar-refractivity contribution in [1.29, 1.82) is 0 Å². The summed E-state index contributed by atoms with van der Waals surface area (Å²) in [5.41, 5.74) is 1.73. The van der Waals surface area contributed by atoms with E-state index >= 15 is 0 Å². The number of amides is 1. The summed E-state index contributed by atoms with van der Waals surface area (Å²) in [6, 6.07) is 15.9. The lowest BCUT2D eigenvalue weighted by atomic mass is 10.1. The van der Waals surface area contributed by atoms with Crippen molar-refractivity contribution < 1.29 is 19.4 Å². The Morgan fingerprint density at radius 2 is 1.65 bits per heavy atom. The molecule has 0 radical (unpaired) electrons. The van der Waals surface area contributed by atoms with Crippen LogP contribution in [0.1, 0.15) is 11.1 Å². The van der Waals surface area contributed by atoms with Crippen LogP contribution in [0, 0.1) is 0 Å². The fourth-order valence-corrected chi connectivity index (χ4v) is 2.03. The molecule has 0 unspecified atom stereocenters. The number of nitrogens with zero attached hydrogens (tertiary/aromatic N) is 1. The van der Waals surface area contributed by atoms with Gasteiger partial charge in [0.15, 0.2) is 6.61 Å². The minimum atomic E-state index is -0.475. The van der Waals surface area contributed by atoms with Crippen molar-refractivity contribution in [3.05, 3.63) is 65.7 Å². The molecular weight excluding hydrogens is 294 g/mol. The van der Waals surface area contributed by atoms with E-state index in [-0.39, 0.29) is 24.7 Å². The van der Waals surface area contributed by atoms with E-state index in [0.29, 0.717) is 6.54 Å². The molecular formula is C18H19NO4. The first-order chi connectivity index (χ1) is 11.0. The van der Waals surface area contributed by atoms with Gasteiger partial charge in [0.25, 0.3) is 5.91 Å². The molecule has 2 aromatic carbocycles. The Hall–Kier alpha value is -2.82. The monoisotopic (exact) mass is 313 g/mol. The first-order valence-corrected chi connectivity index (χ1v) is 7.26.